The molecular formula is C28H25N5O4S2. The molecule has 2 N–H and O–H groups in total. The summed E-state index contributed by atoms with van der Waals surface area (Å²) in [6, 6.07) is 19.8. The number of pyridine rings is 1. The number of sulfonamides is 1. The number of thiazole rings is 1. The Morgan fingerprint density at radius 3 is 2.31 bits per heavy atom. The highest BCUT2D eigenvalue weighted by Crippen LogP contribution is 2.30. The highest BCUT2D eigenvalue weighted by atomic mass is 32.2. The second-order valence-electron chi connectivity index (χ2n) is 8.83. The number of hydrogen-bond donors (Lipinski definition) is 2. The molecule has 11 heteroatoms. The van der Waals surface area contributed by atoms with Gasteiger partial charge in [-0.2, -0.15) is 0 Å². The minimum absolute atomic E-state index is 0.0140. The lowest BCUT2D eigenvalue weighted by molar-refractivity contribution is 0.0981. The van der Waals surface area contributed by atoms with Crippen LogP contribution in [0.3, 0.4) is 0 Å². The number of nitrogens with zero attached hydrogens (tertiary/aromatic N) is 3. The van der Waals surface area contributed by atoms with Crippen molar-refractivity contribution in [2.24, 2.45) is 0 Å². The minimum atomic E-state index is -3.96. The molecule has 5 rings (SSSR count). The molecular weight excluding hydrogens is 534 g/mol. The number of nitrogens with one attached hydrogen (secondary N) is 2. The van der Waals surface area contributed by atoms with Gasteiger partial charge >= 0.3 is 6.03 Å². The van der Waals surface area contributed by atoms with Crippen LogP contribution in [0.25, 0.3) is 16.5 Å². The summed E-state index contributed by atoms with van der Waals surface area (Å²) in [5.41, 5.74) is 3.19. The zero-order chi connectivity index (χ0) is 27.2. The van der Waals surface area contributed by atoms with E-state index in [9.17, 15) is 18.0 Å². The Balaban J connectivity index is 1.16. The van der Waals surface area contributed by atoms with Crippen molar-refractivity contribution in [3.05, 3.63) is 102 Å². The summed E-state index contributed by atoms with van der Waals surface area (Å²) in [6.07, 6.45) is 7.08. The van der Waals surface area contributed by atoms with E-state index in [2.05, 4.69) is 26.1 Å². The first-order valence-electron chi connectivity index (χ1n) is 12.2. The van der Waals surface area contributed by atoms with Crippen LogP contribution in [0.4, 0.5) is 9.93 Å². The average Bonchev–Trinajstić information content (AvgIpc) is 3.43. The molecule has 1 fully saturated rings. The average molecular weight is 560 g/mol. The monoisotopic (exact) mass is 559 g/mol. The van der Waals surface area contributed by atoms with Crippen molar-refractivity contribution in [1.82, 2.24) is 19.6 Å². The second kappa shape index (κ2) is 11.6. The molecule has 0 bridgehead atoms. The number of carbonyl (C=O) groups excluding carboxylic acids is 2. The molecule has 1 saturated heterocycles. The largest absolute Gasteiger partial charge is 0.324 e. The molecule has 198 valence electrons. The first-order valence-corrected chi connectivity index (χ1v) is 14.5. The Kier molecular flexibility index (Phi) is 7.80. The van der Waals surface area contributed by atoms with E-state index in [1.54, 1.807) is 59.8 Å². The molecule has 0 atom stereocenters. The summed E-state index contributed by atoms with van der Waals surface area (Å²) in [5.74, 6) is -0.720. The van der Waals surface area contributed by atoms with Crippen LogP contribution >= 0.6 is 11.3 Å². The first kappa shape index (κ1) is 26.3. The van der Waals surface area contributed by atoms with E-state index in [1.807, 2.05) is 18.2 Å². The summed E-state index contributed by atoms with van der Waals surface area (Å²) in [6.45, 7) is 1.23. The lowest BCUT2D eigenvalue weighted by atomic mass is 10.0. The molecule has 0 saturated carbocycles. The number of amides is 3. The fraction of sp³-hybridized carbons (Fsp3) is 0.143. The van der Waals surface area contributed by atoms with Crippen molar-refractivity contribution in [2.45, 2.75) is 17.7 Å². The Labute approximate surface area is 230 Å². The summed E-state index contributed by atoms with van der Waals surface area (Å²) in [4.78, 5) is 36.5. The summed E-state index contributed by atoms with van der Waals surface area (Å²) < 4.78 is 26.9. The summed E-state index contributed by atoms with van der Waals surface area (Å²) in [5, 5.41) is 3.34. The lowest BCUT2D eigenvalue weighted by Gasteiger charge is -2.28. The van der Waals surface area contributed by atoms with Gasteiger partial charge in [-0.05, 0) is 60.9 Å². The van der Waals surface area contributed by atoms with Crippen LogP contribution in [-0.2, 0) is 10.0 Å². The van der Waals surface area contributed by atoms with Gasteiger partial charge in [-0.1, -0.05) is 53.3 Å². The van der Waals surface area contributed by atoms with Gasteiger partial charge in [0.2, 0.25) is 0 Å². The SMILES string of the molecule is O=C(NS(=O)(=O)c1ccccc1)c1ccc(-c2cnc(NC(=O)N3CCC(=Cc4ccccn4)CC3)s2)cc1. The van der Waals surface area contributed by atoms with Crippen LogP contribution in [0.15, 0.2) is 95.7 Å². The molecule has 3 amide bonds. The van der Waals surface area contributed by atoms with Crippen molar-refractivity contribution in [3.8, 4) is 10.4 Å². The van der Waals surface area contributed by atoms with Crippen LogP contribution in [0.1, 0.15) is 28.9 Å². The maximum Gasteiger partial charge on any atom is 0.323 e. The van der Waals surface area contributed by atoms with Crippen molar-refractivity contribution < 1.29 is 18.0 Å². The maximum atomic E-state index is 12.8. The van der Waals surface area contributed by atoms with E-state index in [4.69, 9.17) is 0 Å². The highest BCUT2D eigenvalue weighted by Gasteiger charge is 2.21. The van der Waals surface area contributed by atoms with Crippen LogP contribution < -0.4 is 10.0 Å². The fourth-order valence-corrected chi connectivity index (χ4v) is 5.88. The van der Waals surface area contributed by atoms with Gasteiger partial charge in [0.05, 0.1) is 15.5 Å². The van der Waals surface area contributed by atoms with Crippen LogP contribution in [0.5, 0.6) is 0 Å². The molecule has 1 aliphatic heterocycles. The van der Waals surface area contributed by atoms with Crippen LogP contribution in [0, 0.1) is 0 Å². The number of piperidine rings is 1. The first-order chi connectivity index (χ1) is 18.9. The Bertz CT molecular complexity index is 1590. The molecule has 3 heterocycles. The van der Waals surface area contributed by atoms with Gasteiger partial charge in [0.1, 0.15) is 0 Å². The number of aromatic nitrogens is 2. The zero-order valence-electron chi connectivity index (χ0n) is 20.8. The van der Waals surface area contributed by atoms with E-state index < -0.39 is 15.9 Å². The van der Waals surface area contributed by atoms with Crippen molar-refractivity contribution >= 4 is 44.5 Å². The van der Waals surface area contributed by atoms with Gasteiger partial charge < -0.3 is 4.90 Å². The molecule has 1 aliphatic rings. The second-order valence-corrected chi connectivity index (χ2v) is 11.5. The quantitative estimate of drug-likeness (QED) is 0.342. The third-order valence-corrected chi connectivity index (χ3v) is 8.47. The number of anilines is 1. The minimum Gasteiger partial charge on any atom is -0.324 e. The Morgan fingerprint density at radius 1 is 0.897 bits per heavy atom. The van der Waals surface area contributed by atoms with Gasteiger partial charge in [0, 0.05) is 31.0 Å². The van der Waals surface area contributed by atoms with Crippen LogP contribution in [0.2, 0.25) is 0 Å². The number of rotatable bonds is 6. The zero-order valence-corrected chi connectivity index (χ0v) is 22.4. The third kappa shape index (κ3) is 6.57. The summed E-state index contributed by atoms with van der Waals surface area (Å²) >= 11 is 1.32. The smallest absolute Gasteiger partial charge is 0.323 e. The van der Waals surface area contributed by atoms with E-state index >= 15 is 0 Å². The van der Waals surface area contributed by atoms with Crippen molar-refractivity contribution in [1.29, 1.82) is 0 Å². The van der Waals surface area contributed by atoms with E-state index in [1.165, 1.54) is 29.0 Å². The molecule has 0 aliphatic carbocycles. The lowest BCUT2D eigenvalue weighted by Crippen LogP contribution is -2.39. The molecule has 2 aromatic heterocycles. The van der Waals surface area contributed by atoms with Crippen molar-refractivity contribution in [2.75, 3.05) is 18.4 Å². The maximum absolute atomic E-state index is 12.8. The molecule has 4 aromatic rings. The molecule has 0 spiro atoms. The number of urea groups is 1. The standard InChI is InChI=1S/C28H25N5O4S2/c34-26(32-39(36,37)24-7-2-1-3-8-24)22-11-9-21(10-12-22)25-19-30-27(38-25)31-28(35)33-16-13-20(14-17-33)18-23-6-4-5-15-29-23/h1-12,15,18-19H,13-14,16-17H2,(H,32,34)(H,30,31,35). The number of likely N-dealkylation sites (tertiary alicyclic amines) is 1. The third-order valence-electron chi connectivity index (χ3n) is 6.16. The van der Waals surface area contributed by atoms with E-state index in [0.717, 1.165) is 29.0 Å². The predicted molar refractivity (Wildman–Crippen MR) is 151 cm³/mol. The highest BCUT2D eigenvalue weighted by molar-refractivity contribution is 7.90. The topological polar surface area (TPSA) is 121 Å². The Morgan fingerprint density at radius 2 is 1.62 bits per heavy atom. The van der Waals surface area contributed by atoms with Crippen LogP contribution in [-0.4, -0.2) is 48.3 Å². The van der Waals surface area contributed by atoms with Gasteiger partial charge in [-0.25, -0.2) is 22.9 Å². The van der Waals surface area contributed by atoms with E-state index in [0.29, 0.717) is 18.2 Å². The van der Waals surface area contributed by atoms with Crippen molar-refractivity contribution in [3.63, 3.8) is 0 Å². The Hall–Kier alpha value is -4.35. The number of hydrogen-bond acceptors (Lipinski definition) is 7. The van der Waals surface area contributed by atoms with Gasteiger partial charge in [-0.15, -0.1) is 0 Å². The fourth-order valence-electron chi connectivity index (χ4n) is 4.07. The molecule has 0 unspecified atom stereocenters. The van der Waals surface area contributed by atoms with Gasteiger partial charge in [-0.3, -0.25) is 15.1 Å². The molecule has 0 radical (unpaired) electrons. The molecule has 9 nitrogen and oxygen atoms in total. The molecule has 39 heavy (non-hydrogen) atoms. The number of benzene rings is 2. The molecule has 2 aromatic carbocycles. The summed E-state index contributed by atoms with van der Waals surface area (Å²) in [7, 11) is -3.96. The van der Waals surface area contributed by atoms with Gasteiger partial charge in [0.15, 0.2) is 5.13 Å². The van der Waals surface area contributed by atoms with E-state index in [-0.39, 0.29) is 16.5 Å². The normalized spacial score (nSPS) is 13.5. The predicted octanol–water partition coefficient (Wildman–Crippen LogP) is 5.04. The number of carbonyl (C=O) groups is 2. The van der Waals surface area contributed by atoms with Gasteiger partial charge in [0.25, 0.3) is 15.9 Å².